The number of benzene rings is 1. The Hall–Kier alpha value is -1.24. The monoisotopic (exact) mass is 148 g/mol. The molecule has 0 N–H and O–H groups in total. The molecular weight excluding hydrogens is 136 g/mol. The Kier molecular flexibility index (Phi) is 2.73. The van der Waals surface area contributed by atoms with E-state index in [2.05, 4.69) is 13.5 Å². The summed E-state index contributed by atoms with van der Waals surface area (Å²) >= 11 is 0. The first-order valence-electron chi connectivity index (χ1n) is 3.63. The molecule has 0 aliphatic carbocycles. The van der Waals surface area contributed by atoms with Crippen LogP contribution in [0.15, 0.2) is 36.9 Å². The lowest BCUT2D eigenvalue weighted by Gasteiger charge is -2.01. The van der Waals surface area contributed by atoms with Gasteiger partial charge in [0.25, 0.3) is 0 Å². The first kappa shape index (κ1) is 7.86. The Labute approximate surface area is 67.3 Å². The smallest absolute Gasteiger partial charge is 0.119 e. The van der Waals surface area contributed by atoms with Crippen molar-refractivity contribution in [1.29, 1.82) is 0 Å². The molecule has 0 radical (unpaired) electrons. The maximum absolute atomic E-state index is 5.29. The standard InChI is InChI=1S/C10H12O/c1-3-8-11-10-6-4-9(2)5-7-10/h3-7H,1,8H2,2H3. The normalized spacial score (nSPS) is 9.18. The van der Waals surface area contributed by atoms with E-state index >= 15 is 0 Å². The van der Waals surface area contributed by atoms with Gasteiger partial charge in [-0.1, -0.05) is 30.4 Å². The number of hydrogen-bond acceptors (Lipinski definition) is 1. The van der Waals surface area contributed by atoms with E-state index < -0.39 is 0 Å². The van der Waals surface area contributed by atoms with E-state index in [9.17, 15) is 0 Å². The molecular formula is C10H12O. The zero-order valence-corrected chi connectivity index (χ0v) is 6.71. The Bertz CT molecular complexity index is 223. The largest absolute Gasteiger partial charge is 0.490 e. The van der Waals surface area contributed by atoms with Crippen molar-refractivity contribution in [2.45, 2.75) is 6.92 Å². The number of aryl methyl sites for hydroxylation is 1. The molecule has 0 amide bonds. The lowest BCUT2D eigenvalue weighted by molar-refractivity contribution is 0.363. The summed E-state index contributed by atoms with van der Waals surface area (Å²) in [6, 6.07) is 7.97. The summed E-state index contributed by atoms with van der Waals surface area (Å²) in [6.07, 6.45) is 1.74. The summed E-state index contributed by atoms with van der Waals surface area (Å²) < 4.78 is 5.29. The predicted octanol–water partition coefficient (Wildman–Crippen LogP) is 2.56. The first-order chi connectivity index (χ1) is 5.33. The van der Waals surface area contributed by atoms with Crippen molar-refractivity contribution < 1.29 is 4.74 Å². The van der Waals surface area contributed by atoms with E-state index in [-0.39, 0.29) is 0 Å². The number of hydrogen-bond donors (Lipinski definition) is 0. The average Bonchev–Trinajstić information content (AvgIpc) is 2.04. The van der Waals surface area contributed by atoms with Gasteiger partial charge in [-0.15, -0.1) is 0 Å². The van der Waals surface area contributed by atoms with Crippen LogP contribution in [0.5, 0.6) is 5.75 Å². The van der Waals surface area contributed by atoms with E-state index in [1.165, 1.54) is 5.56 Å². The van der Waals surface area contributed by atoms with Gasteiger partial charge in [0, 0.05) is 0 Å². The van der Waals surface area contributed by atoms with E-state index in [4.69, 9.17) is 4.74 Å². The second kappa shape index (κ2) is 3.81. The molecule has 0 spiro atoms. The van der Waals surface area contributed by atoms with Gasteiger partial charge in [0.2, 0.25) is 0 Å². The van der Waals surface area contributed by atoms with Crippen LogP contribution in [-0.4, -0.2) is 6.61 Å². The summed E-state index contributed by atoms with van der Waals surface area (Å²) in [4.78, 5) is 0. The van der Waals surface area contributed by atoms with Crippen LogP contribution in [0, 0.1) is 6.92 Å². The van der Waals surface area contributed by atoms with Gasteiger partial charge < -0.3 is 4.74 Å². The third-order valence-corrected chi connectivity index (χ3v) is 1.39. The van der Waals surface area contributed by atoms with Gasteiger partial charge in [-0.3, -0.25) is 0 Å². The lowest BCUT2D eigenvalue weighted by atomic mass is 10.2. The van der Waals surface area contributed by atoms with Crippen LogP contribution in [-0.2, 0) is 0 Å². The third kappa shape index (κ3) is 2.46. The maximum atomic E-state index is 5.29. The Morgan fingerprint density at radius 2 is 2.00 bits per heavy atom. The molecule has 0 saturated heterocycles. The fourth-order valence-electron chi connectivity index (χ4n) is 0.790. The molecule has 11 heavy (non-hydrogen) atoms. The van der Waals surface area contributed by atoms with Gasteiger partial charge in [-0.25, -0.2) is 0 Å². The van der Waals surface area contributed by atoms with Crippen molar-refractivity contribution in [3.05, 3.63) is 42.5 Å². The number of rotatable bonds is 3. The van der Waals surface area contributed by atoms with Gasteiger partial charge >= 0.3 is 0 Å². The molecule has 0 bridgehead atoms. The first-order valence-corrected chi connectivity index (χ1v) is 3.63. The van der Waals surface area contributed by atoms with Gasteiger partial charge in [0.15, 0.2) is 0 Å². The lowest BCUT2D eigenvalue weighted by Crippen LogP contribution is -1.91. The van der Waals surface area contributed by atoms with Crippen LogP contribution < -0.4 is 4.74 Å². The molecule has 0 unspecified atom stereocenters. The van der Waals surface area contributed by atoms with Crippen molar-refractivity contribution in [1.82, 2.24) is 0 Å². The average molecular weight is 148 g/mol. The maximum Gasteiger partial charge on any atom is 0.119 e. The molecule has 1 nitrogen and oxygen atoms in total. The molecule has 58 valence electrons. The topological polar surface area (TPSA) is 9.23 Å². The molecule has 0 aliphatic rings. The van der Waals surface area contributed by atoms with Crippen LogP contribution in [0.1, 0.15) is 5.56 Å². The van der Waals surface area contributed by atoms with Crippen LogP contribution >= 0.6 is 0 Å². The molecule has 0 aliphatic heterocycles. The van der Waals surface area contributed by atoms with E-state index in [0.717, 1.165) is 5.75 Å². The van der Waals surface area contributed by atoms with Gasteiger partial charge in [0.1, 0.15) is 12.4 Å². The molecule has 1 aromatic carbocycles. The zero-order valence-electron chi connectivity index (χ0n) is 6.71. The van der Waals surface area contributed by atoms with Crippen molar-refractivity contribution in [2.24, 2.45) is 0 Å². The fraction of sp³-hybridized carbons (Fsp3) is 0.200. The Balaban J connectivity index is 2.58. The minimum absolute atomic E-state index is 0.572. The van der Waals surface area contributed by atoms with E-state index in [1.807, 2.05) is 24.3 Å². The third-order valence-electron chi connectivity index (χ3n) is 1.39. The van der Waals surface area contributed by atoms with Crippen molar-refractivity contribution >= 4 is 0 Å². The highest BCUT2D eigenvalue weighted by molar-refractivity contribution is 5.26. The number of ether oxygens (including phenoxy) is 1. The quantitative estimate of drug-likeness (QED) is 0.598. The van der Waals surface area contributed by atoms with Crippen molar-refractivity contribution in [2.75, 3.05) is 6.61 Å². The van der Waals surface area contributed by atoms with Crippen molar-refractivity contribution in [3.63, 3.8) is 0 Å². The molecule has 0 heterocycles. The second-order valence-corrected chi connectivity index (χ2v) is 2.41. The van der Waals surface area contributed by atoms with Crippen molar-refractivity contribution in [3.8, 4) is 5.75 Å². The highest BCUT2D eigenvalue weighted by Gasteiger charge is 1.88. The molecule has 0 atom stereocenters. The van der Waals surface area contributed by atoms with Gasteiger partial charge in [0.05, 0.1) is 0 Å². The predicted molar refractivity (Wildman–Crippen MR) is 46.9 cm³/mol. The minimum Gasteiger partial charge on any atom is -0.490 e. The summed E-state index contributed by atoms with van der Waals surface area (Å²) in [5, 5.41) is 0. The van der Waals surface area contributed by atoms with Crippen LogP contribution in [0.4, 0.5) is 0 Å². The van der Waals surface area contributed by atoms with Gasteiger partial charge in [-0.2, -0.15) is 0 Å². The Morgan fingerprint density at radius 1 is 1.36 bits per heavy atom. The van der Waals surface area contributed by atoms with Crippen LogP contribution in [0.25, 0.3) is 0 Å². The van der Waals surface area contributed by atoms with Crippen LogP contribution in [0.2, 0.25) is 0 Å². The second-order valence-electron chi connectivity index (χ2n) is 2.41. The van der Waals surface area contributed by atoms with E-state index in [0.29, 0.717) is 6.61 Å². The minimum atomic E-state index is 0.572. The van der Waals surface area contributed by atoms with Gasteiger partial charge in [-0.05, 0) is 19.1 Å². The summed E-state index contributed by atoms with van der Waals surface area (Å²) in [7, 11) is 0. The summed E-state index contributed by atoms with van der Waals surface area (Å²) in [5.74, 6) is 0.899. The molecule has 1 aromatic rings. The zero-order chi connectivity index (χ0) is 8.10. The van der Waals surface area contributed by atoms with Crippen LogP contribution in [0.3, 0.4) is 0 Å². The Morgan fingerprint density at radius 3 is 2.55 bits per heavy atom. The summed E-state index contributed by atoms with van der Waals surface area (Å²) in [5.41, 5.74) is 1.25. The molecule has 0 fully saturated rings. The molecule has 0 aromatic heterocycles. The molecule has 0 saturated carbocycles. The van der Waals surface area contributed by atoms with E-state index in [1.54, 1.807) is 6.08 Å². The summed E-state index contributed by atoms with van der Waals surface area (Å²) in [6.45, 7) is 6.19. The molecule has 1 heteroatoms. The highest BCUT2D eigenvalue weighted by atomic mass is 16.5. The molecule has 1 rings (SSSR count). The fourth-order valence-corrected chi connectivity index (χ4v) is 0.790. The SMILES string of the molecule is C=CCOc1ccc(C)cc1. The highest BCUT2D eigenvalue weighted by Crippen LogP contribution is 2.10.